The lowest BCUT2D eigenvalue weighted by atomic mass is 9.48. The van der Waals surface area contributed by atoms with E-state index in [1.54, 1.807) is 16.7 Å². The number of allylic oxidation sites excluding steroid dienone is 1. The quantitative estimate of drug-likeness (QED) is 0.396. The van der Waals surface area contributed by atoms with Crippen LogP contribution in [0.2, 0.25) is 0 Å². The van der Waals surface area contributed by atoms with Gasteiger partial charge in [-0.15, -0.1) is 6.58 Å². The molecule has 0 saturated heterocycles. The SMILES string of the molecule is C=CCn1c(SCC(=O)NC(C)C23CC4CC(CC(C4)C2)C3)nc2ccccc2c1=O. The van der Waals surface area contributed by atoms with Crippen molar-refractivity contribution in [3.8, 4) is 0 Å². The molecule has 4 fully saturated rings. The number of hydrogen-bond donors (Lipinski definition) is 1. The van der Waals surface area contributed by atoms with Crippen molar-refractivity contribution in [1.29, 1.82) is 0 Å². The second-order valence-corrected chi connectivity index (χ2v) is 10.9. The fourth-order valence-corrected chi connectivity index (χ4v) is 7.64. The third kappa shape index (κ3) is 3.84. The molecule has 4 saturated carbocycles. The Morgan fingerprint density at radius 1 is 1.26 bits per heavy atom. The van der Waals surface area contributed by atoms with Crippen molar-refractivity contribution in [3.63, 3.8) is 0 Å². The van der Waals surface area contributed by atoms with Gasteiger partial charge in [-0.2, -0.15) is 0 Å². The maximum atomic E-state index is 12.9. The van der Waals surface area contributed by atoms with E-state index < -0.39 is 0 Å². The average molecular weight is 438 g/mol. The number of nitrogens with zero attached hydrogens (tertiary/aromatic N) is 2. The Balaban J connectivity index is 1.28. The fraction of sp³-hybridized carbons (Fsp3) is 0.560. The lowest BCUT2D eigenvalue weighted by molar-refractivity contribution is -0.123. The van der Waals surface area contributed by atoms with Crippen LogP contribution in [0.5, 0.6) is 0 Å². The maximum Gasteiger partial charge on any atom is 0.262 e. The predicted octanol–water partition coefficient (Wildman–Crippen LogP) is 4.40. The molecule has 0 aliphatic heterocycles. The summed E-state index contributed by atoms with van der Waals surface area (Å²) in [5, 5.41) is 4.48. The Morgan fingerprint density at radius 3 is 2.55 bits per heavy atom. The first-order valence-electron chi connectivity index (χ1n) is 11.5. The molecule has 31 heavy (non-hydrogen) atoms. The maximum absolute atomic E-state index is 12.9. The van der Waals surface area contributed by atoms with Gasteiger partial charge in [-0.05, 0) is 80.8 Å². The summed E-state index contributed by atoms with van der Waals surface area (Å²) in [4.78, 5) is 30.4. The van der Waals surface area contributed by atoms with Crippen LogP contribution in [-0.4, -0.2) is 27.3 Å². The van der Waals surface area contributed by atoms with Crippen molar-refractivity contribution in [2.75, 3.05) is 5.75 Å². The third-order valence-corrected chi connectivity index (χ3v) is 8.83. The zero-order chi connectivity index (χ0) is 21.6. The molecule has 1 heterocycles. The summed E-state index contributed by atoms with van der Waals surface area (Å²) >= 11 is 1.34. The van der Waals surface area contributed by atoms with Crippen LogP contribution < -0.4 is 10.9 Å². The van der Waals surface area contributed by atoms with E-state index in [2.05, 4.69) is 23.8 Å². The van der Waals surface area contributed by atoms with Gasteiger partial charge in [-0.1, -0.05) is 30.0 Å². The highest BCUT2D eigenvalue weighted by Crippen LogP contribution is 2.61. The molecule has 1 amide bonds. The summed E-state index contributed by atoms with van der Waals surface area (Å²) in [6, 6.07) is 7.55. The highest BCUT2D eigenvalue weighted by atomic mass is 32.2. The second kappa shape index (κ2) is 8.12. The number of hydrogen-bond acceptors (Lipinski definition) is 4. The number of carbonyl (C=O) groups is 1. The number of aromatic nitrogens is 2. The minimum atomic E-state index is -0.0876. The molecule has 4 aliphatic rings. The number of rotatable bonds is 7. The van der Waals surface area contributed by atoms with Gasteiger partial charge in [0.25, 0.3) is 5.56 Å². The molecule has 2 aromatic rings. The fourth-order valence-electron chi connectivity index (χ4n) is 6.82. The van der Waals surface area contributed by atoms with Crippen LogP contribution in [0.4, 0.5) is 0 Å². The predicted molar refractivity (Wildman–Crippen MR) is 125 cm³/mol. The monoisotopic (exact) mass is 437 g/mol. The summed E-state index contributed by atoms with van der Waals surface area (Å²) in [5.41, 5.74) is 0.870. The molecule has 6 heteroatoms. The van der Waals surface area contributed by atoms with Crippen LogP contribution in [-0.2, 0) is 11.3 Å². The third-order valence-electron chi connectivity index (χ3n) is 7.85. The summed E-state index contributed by atoms with van der Waals surface area (Å²) in [6.07, 6.45) is 9.74. The summed E-state index contributed by atoms with van der Waals surface area (Å²) in [6.45, 7) is 6.35. The highest BCUT2D eigenvalue weighted by molar-refractivity contribution is 7.99. The highest BCUT2D eigenvalue weighted by Gasteiger charge is 2.53. The van der Waals surface area contributed by atoms with Gasteiger partial charge in [0.05, 0.1) is 16.7 Å². The molecule has 1 aromatic carbocycles. The van der Waals surface area contributed by atoms with Crippen LogP contribution >= 0.6 is 11.8 Å². The first-order chi connectivity index (χ1) is 15.0. The van der Waals surface area contributed by atoms with Crippen LogP contribution in [0.15, 0.2) is 46.9 Å². The largest absolute Gasteiger partial charge is 0.352 e. The van der Waals surface area contributed by atoms with Crippen molar-refractivity contribution in [2.45, 2.75) is 63.2 Å². The van der Waals surface area contributed by atoms with Gasteiger partial charge in [-0.25, -0.2) is 4.98 Å². The number of nitrogens with one attached hydrogen (secondary N) is 1. The Morgan fingerprint density at radius 2 is 1.90 bits per heavy atom. The van der Waals surface area contributed by atoms with E-state index in [0.29, 0.717) is 28.0 Å². The summed E-state index contributed by atoms with van der Waals surface area (Å²) in [5.74, 6) is 2.90. The number of para-hydroxylation sites is 1. The van der Waals surface area contributed by atoms with E-state index in [-0.39, 0.29) is 23.3 Å². The molecule has 1 unspecified atom stereocenters. The Kier molecular flexibility index (Phi) is 5.45. The minimum Gasteiger partial charge on any atom is -0.352 e. The van der Waals surface area contributed by atoms with Gasteiger partial charge in [-0.3, -0.25) is 14.2 Å². The molecule has 1 N–H and O–H groups in total. The van der Waals surface area contributed by atoms with Crippen LogP contribution in [0.3, 0.4) is 0 Å². The van der Waals surface area contributed by atoms with E-state index in [1.165, 1.54) is 50.3 Å². The van der Waals surface area contributed by atoms with E-state index in [9.17, 15) is 9.59 Å². The van der Waals surface area contributed by atoms with E-state index in [4.69, 9.17) is 0 Å². The van der Waals surface area contributed by atoms with Crippen molar-refractivity contribution < 1.29 is 4.79 Å². The van der Waals surface area contributed by atoms with Gasteiger partial charge in [0.1, 0.15) is 0 Å². The molecular weight excluding hydrogens is 406 g/mol. The van der Waals surface area contributed by atoms with Crippen LogP contribution in [0.1, 0.15) is 45.4 Å². The molecule has 4 bridgehead atoms. The molecule has 1 aromatic heterocycles. The molecular formula is C25H31N3O2S. The first kappa shape index (κ1) is 20.8. The topological polar surface area (TPSA) is 64.0 Å². The van der Waals surface area contributed by atoms with Crippen molar-refractivity contribution in [2.24, 2.45) is 23.2 Å². The van der Waals surface area contributed by atoms with Crippen LogP contribution in [0, 0.1) is 23.2 Å². The standard InChI is InChI=1S/C25H31N3O2S/c1-3-8-28-23(30)20-6-4-5-7-21(20)27-24(28)31-15-22(29)26-16(2)25-12-17-9-18(13-25)11-19(10-17)14-25/h3-7,16-19H,1,8-15H2,2H3,(H,26,29). The van der Waals surface area contributed by atoms with E-state index in [1.807, 2.05) is 18.2 Å². The number of benzene rings is 1. The molecule has 164 valence electrons. The van der Waals surface area contributed by atoms with Gasteiger partial charge in [0, 0.05) is 12.6 Å². The molecule has 5 nitrogen and oxygen atoms in total. The van der Waals surface area contributed by atoms with Crippen LogP contribution in [0.25, 0.3) is 10.9 Å². The minimum absolute atomic E-state index is 0.0285. The van der Waals surface area contributed by atoms with Gasteiger partial charge < -0.3 is 5.32 Å². The van der Waals surface area contributed by atoms with Gasteiger partial charge in [0.15, 0.2) is 5.16 Å². The summed E-state index contributed by atoms with van der Waals surface area (Å²) < 4.78 is 1.61. The second-order valence-electron chi connectivity index (χ2n) is 9.97. The lowest BCUT2D eigenvalue weighted by Gasteiger charge is -2.59. The Bertz CT molecular complexity index is 1040. The normalized spacial score (nSPS) is 29.8. The first-order valence-corrected chi connectivity index (χ1v) is 12.5. The number of carbonyl (C=O) groups excluding carboxylic acids is 1. The molecule has 0 radical (unpaired) electrons. The van der Waals surface area contributed by atoms with Crippen molar-refractivity contribution in [1.82, 2.24) is 14.9 Å². The summed E-state index contributed by atoms with van der Waals surface area (Å²) in [7, 11) is 0. The zero-order valence-electron chi connectivity index (χ0n) is 18.2. The molecule has 6 rings (SSSR count). The smallest absolute Gasteiger partial charge is 0.262 e. The zero-order valence-corrected chi connectivity index (χ0v) is 19.0. The van der Waals surface area contributed by atoms with E-state index >= 15 is 0 Å². The molecule has 0 spiro atoms. The number of thioether (sulfide) groups is 1. The Labute approximate surface area is 187 Å². The van der Waals surface area contributed by atoms with Crippen molar-refractivity contribution in [3.05, 3.63) is 47.3 Å². The van der Waals surface area contributed by atoms with Gasteiger partial charge >= 0.3 is 0 Å². The number of amides is 1. The van der Waals surface area contributed by atoms with Gasteiger partial charge in [0.2, 0.25) is 5.91 Å². The molecule has 1 atom stereocenters. The average Bonchev–Trinajstić information content (AvgIpc) is 2.73. The van der Waals surface area contributed by atoms with Crippen molar-refractivity contribution >= 4 is 28.6 Å². The Hall–Kier alpha value is -2.08. The lowest BCUT2D eigenvalue weighted by Crippen LogP contribution is -2.56. The number of fused-ring (bicyclic) bond motifs is 1. The molecule has 4 aliphatic carbocycles. The van der Waals surface area contributed by atoms with E-state index in [0.717, 1.165) is 17.8 Å².